The molecule has 1 N–H and O–H groups in total. The maximum absolute atomic E-state index is 13.2. The van der Waals surface area contributed by atoms with Crippen molar-refractivity contribution in [2.75, 3.05) is 0 Å². The maximum Gasteiger partial charge on any atom is 0.434 e. The van der Waals surface area contributed by atoms with E-state index in [-0.39, 0.29) is 10.9 Å². The largest absolute Gasteiger partial charge is 0.434 e. The van der Waals surface area contributed by atoms with Gasteiger partial charge in [-0.1, -0.05) is 12.1 Å². The van der Waals surface area contributed by atoms with E-state index in [2.05, 4.69) is 0 Å². The smallest absolute Gasteiger partial charge is 0.348 e. The molecule has 0 atom stereocenters. The van der Waals surface area contributed by atoms with Gasteiger partial charge in [0.15, 0.2) is 11.5 Å². The Morgan fingerprint density at radius 1 is 1.07 bits per heavy atom. The number of hydrogen-bond donors (Lipinski definition) is 1. The summed E-state index contributed by atoms with van der Waals surface area (Å²) in [6.07, 6.45) is -4.68. The lowest BCUT2D eigenvalue weighted by molar-refractivity contribution is -0.143. The molecule has 0 bridgehead atoms. The molecule has 14 heavy (non-hydrogen) atoms. The number of hydrogen-bond acceptors (Lipinski definition) is 0. The van der Waals surface area contributed by atoms with Gasteiger partial charge >= 0.3 is 6.18 Å². The van der Waals surface area contributed by atoms with Crippen LogP contribution < -0.4 is 0 Å². The monoisotopic (exact) mass is 203 g/mol. The second-order valence-electron chi connectivity index (χ2n) is 2.86. The molecule has 5 heteroatoms. The molecule has 0 fully saturated rings. The molecule has 74 valence electrons. The number of alkyl halides is 3. The van der Waals surface area contributed by atoms with E-state index in [9.17, 15) is 17.6 Å². The highest BCUT2D eigenvalue weighted by Crippen LogP contribution is 2.33. The third-order valence-corrected chi connectivity index (χ3v) is 1.93. The number of fused-ring (bicyclic) bond motifs is 1. The molecule has 0 aliphatic rings. The SMILES string of the molecule is Fc1c(C(F)(F)F)[nH]c2ccccc12. The molecule has 0 spiro atoms. The topological polar surface area (TPSA) is 15.8 Å². The fourth-order valence-electron chi connectivity index (χ4n) is 1.30. The van der Waals surface area contributed by atoms with Crippen LogP contribution in [0.1, 0.15) is 5.69 Å². The van der Waals surface area contributed by atoms with E-state index in [1.807, 2.05) is 4.98 Å². The zero-order valence-electron chi connectivity index (χ0n) is 6.82. The van der Waals surface area contributed by atoms with Crippen LogP contribution in [-0.2, 0) is 6.18 Å². The molecule has 0 unspecified atom stereocenters. The second kappa shape index (κ2) is 2.73. The third kappa shape index (κ3) is 1.25. The lowest BCUT2D eigenvalue weighted by atomic mass is 10.2. The molecular formula is C9H5F4N. The summed E-state index contributed by atoms with van der Waals surface area (Å²) in [4.78, 5) is 2.00. The van der Waals surface area contributed by atoms with Gasteiger partial charge in [0.05, 0.1) is 0 Å². The molecule has 1 heterocycles. The van der Waals surface area contributed by atoms with Gasteiger partial charge in [-0.15, -0.1) is 0 Å². The zero-order chi connectivity index (χ0) is 10.3. The third-order valence-electron chi connectivity index (χ3n) is 1.93. The predicted octanol–water partition coefficient (Wildman–Crippen LogP) is 3.33. The number of benzene rings is 1. The minimum atomic E-state index is -4.68. The highest BCUT2D eigenvalue weighted by molar-refractivity contribution is 5.81. The molecule has 0 saturated heterocycles. The van der Waals surface area contributed by atoms with Crippen molar-refractivity contribution >= 4 is 10.9 Å². The lowest BCUT2D eigenvalue weighted by Gasteiger charge is -2.01. The normalized spacial score (nSPS) is 12.3. The first kappa shape index (κ1) is 9.05. The van der Waals surface area contributed by atoms with E-state index in [1.165, 1.54) is 18.2 Å². The van der Waals surface area contributed by atoms with E-state index in [4.69, 9.17) is 0 Å². The van der Waals surface area contributed by atoms with E-state index >= 15 is 0 Å². The molecule has 2 rings (SSSR count). The van der Waals surface area contributed by atoms with Gasteiger partial charge in [-0.05, 0) is 12.1 Å². The highest BCUT2D eigenvalue weighted by atomic mass is 19.4. The van der Waals surface area contributed by atoms with Gasteiger partial charge in [0.25, 0.3) is 0 Å². The molecule has 0 aliphatic carbocycles. The summed E-state index contributed by atoms with van der Waals surface area (Å²) in [5, 5.41) is -0.0418. The van der Waals surface area contributed by atoms with Crippen molar-refractivity contribution < 1.29 is 17.6 Å². The molecule has 0 saturated carbocycles. The number of nitrogens with one attached hydrogen (secondary N) is 1. The fraction of sp³-hybridized carbons (Fsp3) is 0.111. The van der Waals surface area contributed by atoms with Crippen LogP contribution in [0.4, 0.5) is 17.6 Å². The van der Waals surface area contributed by atoms with Crippen LogP contribution in [0.25, 0.3) is 10.9 Å². The molecule has 2 aromatic rings. The average Bonchev–Trinajstić information content (AvgIpc) is 2.44. The van der Waals surface area contributed by atoms with Crippen molar-refractivity contribution in [2.24, 2.45) is 0 Å². The molecule has 1 nitrogen and oxygen atoms in total. The first-order valence-corrected chi connectivity index (χ1v) is 3.83. The quantitative estimate of drug-likeness (QED) is 0.632. The summed E-state index contributed by atoms with van der Waals surface area (Å²) in [7, 11) is 0. The predicted molar refractivity (Wildman–Crippen MR) is 43.3 cm³/mol. The Bertz CT molecular complexity index is 469. The highest BCUT2D eigenvalue weighted by Gasteiger charge is 2.36. The van der Waals surface area contributed by atoms with Crippen molar-refractivity contribution in [3.63, 3.8) is 0 Å². The zero-order valence-corrected chi connectivity index (χ0v) is 6.82. The van der Waals surface area contributed by atoms with Gasteiger partial charge < -0.3 is 4.98 Å². The minimum Gasteiger partial charge on any atom is -0.348 e. The summed E-state index contributed by atoms with van der Waals surface area (Å²) < 4.78 is 49.8. The van der Waals surface area contributed by atoms with Crippen molar-refractivity contribution in [1.29, 1.82) is 0 Å². The van der Waals surface area contributed by atoms with Gasteiger partial charge in [0, 0.05) is 10.9 Å². The van der Waals surface area contributed by atoms with Crippen LogP contribution >= 0.6 is 0 Å². The van der Waals surface area contributed by atoms with Gasteiger partial charge in [0.2, 0.25) is 0 Å². The summed E-state index contributed by atoms with van der Waals surface area (Å²) in [5.41, 5.74) is -1.17. The molecule has 1 aromatic heterocycles. The summed E-state index contributed by atoms with van der Waals surface area (Å²) in [6.45, 7) is 0. The Labute approximate surface area is 76.3 Å². The van der Waals surface area contributed by atoms with Crippen molar-refractivity contribution in [1.82, 2.24) is 4.98 Å². The molecule has 0 amide bonds. The minimum absolute atomic E-state index is 0.0418. The van der Waals surface area contributed by atoms with Gasteiger partial charge in [-0.3, -0.25) is 0 Å². The van der Waals surface area contributed by atoms with Crippen molar-refractivity contribution in [3.8, 4) is 0 Å². The molecule has 0 aliphatic heterocycles. The maximum atomic E-state index is 13.2. The van der Waals surface area contributed by atoms with Gasteiger partial charge in [0.1, 0.15) is 0 Å². The standard InChI is InChI=1S/C9H5F4N/c10-7-5-3-1-2-4-6(5)14-8(7)9(11,12)13/h1-4,14H. The number of aromatic amines is 1. The van der Waals surface area contributed by atoms with Crippen molar-refractivity contribution in [3.05, 3.63) is 35.8 Å². The number of rotatable bonds is 0. The van der Waals surface area contributed by atoms with E-state index in [1.54, 1.807) is 6.07 Å². The van der Waals surface area contributed by atoms with Crippen LogP contribution in [0.2, 0.25) is 0 Å². The Morgan fingerprint density at radius 2 is 1.71 bits per heavy atom. The van der Waals surface area contributed by atoms with Crippen LogP contribution in [0, 0.1) is 5.82 Å². The number of aromatic nitrogens is 1. The first-order chi connectivity index (χ1) is 6.50. The average molecular weight is 203 g/mol. The molecule has 0 radical (unpaired) electrons. The van der Waals surface area contributed by atoms with Crippen LogP contribution in [0.5, 0.6) is 0 Å². The van der Waals surface area contributed by atoms with Crippen LogP contribution in [0.3, 0.4) is 0 Å². The molecule has 1 aromatic carbocycles. The van der Waals surface area contributed by atoms with E-state index < -0.39 is 17.7 Å². The fourth-order valence-corrected chi connectivity index (χ4v) is 1.30. The second-order valence-corrected chi connectivity index (χ2v) is 2.86. The van der Waals surface area contributed by atoms with Crippen LogP contribution in [-0.4, -0.2) is 4.98 Å². The Kier molecular flexibility index (Phi) is 1.77. The van der Waals surface area contributed by atoms with Crippen LogP contribution in [0.15, 0.2) is 24.3 Å². The first-order valence-electron chi connectivity index (χ1n) is 3.83. The Hall–Kier alpha value is -1.52. The Balaban J connectivity index is 2.75. The lowest BCUT2D eigenvalue weighted by Crippen LogP contribution is -2.07. The molecular weight excluding hydrogens is 198 g/mol. The van der Waals surface area contributed by atoms with Gasteiger partial charge in [-0.2, -0.15) is 13.2 Å². The van der Waals surface area contributed by atoms with E-state index in [0.29, 0.717) is 0 Å². The number of H-pyrrole nitrogens is 1. The summed E-state index contributed by atoms with van der Waals surface area (Å²) >= 11 is 0. The Morgan fingerprint density at radius 3 is 2.29 bits per heavy atom. The number of halogens is 4. The summed E-state index contributed by atoms with van der Waals surface area (Å²) in [5.74, 6) is -1.24. The summed E-state index contributed by atoms with van der Waals surface area (Å²) in [6, 6.07) is 5.72. The number of para-hydroxylation sites is 1. The van der Waals surface area contributed by atoms with Gasteiger partial charge in [-0.25, -0.2) is 4.39 Å². The van der Waals surface area contributed by atoms with Crippen molar-refractivity contribution in [2.45, 2.75) is 6.18 Å². The van der Waals surface area contributed by atoms with E-state index in [0.717, 1.165) is 0 Å².